The third kappa shape index (κ3) is 67.0. The molecule has 6 heteroatoms. The smallest absolute Gasteiger partial charge is 0.306 e. The standard InChI is InChI=1S/C75H130O6/c1-4-7-10-13-16-19-22-25-27-29-30-31-32-33-34-35-36-37-38-39-40-41-42-43-44-46-47-50-53-56-59-62-65-68-74(77)80-71-72(70-79-73(76)67-64-61-58-55-52-49-24-21-18-15-12-9-6-3)81-75(78)69-66-63-60-57-54-51-48-45-28-26-23-20-17-14-11-8-5-2/h8-9,11-12,17-18,20-21,26,28-30,49,52,58,61,72H,4-7,10,13-16,19,22-25,27,31-48,50-51,53-57,59-60,62-71H2,1-3H3/b11-8-,12-9-,20-17-,21-18-,28-26-,30-29-,52-49-,61-58-. The summed E-state index contributed by atoms with van der Waals surface area (Å²) in [7, 11) is 0. The maximum absolute atomic E-state index is 12.9. The van der Waals surface area contributed by atoms with Gasteiger partial charge in [0.25, 0.3) is 0 Å². The zero-order valence-corrected chi connectivity index (χ0v) is 53.5. The quantitative estimate of drug-likeness (QED) is 0.0261. The summed E-state index contributed by atoms with van der Waals surface area (Å²) in [5.74, 6) is -0.985. The van der Waals surface area contributed by atoms with Crippen LogP contribution in [0.2, 0.25) is 0 Å². The van der Waals surface area contributed by atoms with E-state index in [1.54, 1.807) is 0 Å². The van der Waals surface area contributed by atoms with Crippen molar-refractivity contribution in [3.05, 3.63) is 97.2 Å². The van der Waals surface area contributed by atoms with Crippen LogP contribution in [0.3, 0.4) is 0 Å². The normalized spacial score (nSPS) is 12.7. The highest BCUT2D eigenvalue weighted by molar-refractivity contribution is 5.71. The van der Waals surface area contributed by atoms with Gasteiger partial charge in [0.15, 0.2) is 6.10 Å². The van der Waals surface area contributed by atoms with E-state index in [1.165, 1.54) is 205 Å². The lowest BCUT2D eigenvalue weighted by Crippen LogP contribution is -2.30. The van der Waals surface area contributed by atoms with Crippen LogP contribution in [-0.2, 0) is 28.6 Å². The fourth-order valence-corrected chi connectivity index (χ4v) is 9.94. The number of rotatable bonds is 63. The molecule has 0 saturated carbocycles. The van der Waals surface area contributed by atoms with Crippen LogP contribution in [0.5, 0.6) is 0 Å². The third-order valence-electron chi connectivity index (χ3n) is 15.1. The van der Waals surface area contributed by atoms with Crippen LogP contribution < -0.4 is 0 Å². The second-order valence-electron chi connectivity index (χ2n) is 23.0. The highest BCUT2D eigenvalue weighted by atomic mass is 16.6. The van der Waals surface area contributed by atoms with E-state index in [-0.39, 0.29) is 37.5 Å². The molecule has 0 N–H and O–H groups in total. The van der Waals surface area contributed by atoms with Crippen molar-refractivity contribution in [1.82, 2.24) is 0 Å². The second kappa shape index (κ2) is 68.8. The Balaban J connectivity index is 4.17. The van der Waals surface area contributed by atoms with Crippen LogP contribution in [-0.4, -0.2) is 37.2 Å². The lowest BCUT2D eigenvalue weighted by atomic mass is 10.0. The average Bonchev–Trinajstić information content (AvgIpc) is 3.46. The minimum atomic E-state index is -0.812. The van der Waals surface area contributed by atoms with Crippen molar-refractivity contribution in [2.24, 2.45) is 0 Å². The Hall–Kier alpha value is -3.67. The van der Waals surface area contributed by atoms with Gasteiger partial charge >= 0.3 is 17.9 Å². The summed E-state index contributed by atoms with van der Waals surface area (Å²) in [4.78, 5) is 38.3. The summed E-state index contributed by atoms with van der Waals surface area (Å²) in [5.41, 5.74) is 0. The minimum Gasteiger partial charge on any atom is -0.462 e. The first-order valence-corrected chi connectivity index (χ1v) is 34.7. The zero-order chi connectivity index (χ0) is 58.5. The summed E-state index contributed by atoms with van der Waals surface area (Å²) in [6.45, 7) is 6.37. The number of carbonyl (C=O) groups excluding carboxylic acids is 3. The lowest BCUT2D eigenvalue weighted by molar-refractivity contribution is -0.166. The highest BCUT2D eigenvalue weighted by Crippen LogP contribution is 2.18. The molecule has 0 radical (unpaired) electrons. The van der Waals surface area contributed by atoms with Gasteiger partial charge in [-0.3, -0.25) is 14.4 Å². The lowest BCUT2D eigenvalue weighted by Gasteiger charge is -2.18. The molecule has 81 heavy (non-hydrogen) atoms. The van der Waals surface area contributed by atoms with Gasteiger partial charge in [-0.15, -0.1) is 0 Å². The van der Waals surface area contributed by atoms with Crippen LogP contribution in [0.1, 0.15) is 342 Å². The molecule has 6 nitrogen and oxygen atoms in total. The Kier molecular flexibility index (Phi) is 65.7. The van der Waals surface area contributed by atoms with Crippen LogP contribution in [0.4, 0.5) is 0 Å². The SMILES string of the molecule is CC/C=C\C/C=C\C/C=C\C/C=C\CCC(=O)OCC(COC(=O)CCCCCCCCCCCCCCCCCCCCCCC/C=C\CCCCCCCCCC)OC(=O)CCCCCCCCC/C=C\C/C=C\C/C=C\CC. The molecule has 0 bridgehead atoms. The summed E-state index contributed by atoms with van der Waals surface area (Å²) in [5, 5.41) is 0. The Labute approximate surface area is 502 Å². The maximum Gasteiger partial charge on any atom is 0.306 e. The van der Waals surface area contributed by atoms with Gasteiger partial charge in [0.05, 0.1) is 0 Å². The molecule has 0 aromatic rings. The van der Waals surface area contributed by atoms with Crippen LogP contribution in [0, 0.1) is 0 Å². The zero-order valence-electron chi connectivity index (χ0n) is 53.5. The fourth-order valence-electron chi connectivity index (χ4n) is 9.94. The first-order valence-electron chi connectivity index (χ1n) is 34.7. The molecule has 466 valence electrons. The van der Waals surface area contributed by atoms with Gasteiger partial charge in [0.1, 0.15) is 13.2 Å². The Morgan fingerprint density at radius 2 is 0.506 bits per heavy atom. The van der Waals surface area contributed by atoms with Crippen molar-refractivity contribution in [2.75, 3.05) is 13.2 Å². The van der Waals surface area contributed by atoms with Gasteiger partial charge in [-0.2, -0.15) is 0 Å². The van der Waals surface area contributed by atoms with Gasteiger partial charge in [-0.1, -0.05) is 317 Å². The predicted molar refractivity (Wildman–Crippen MR) is 353 cm³/mol. The topological polar surface area (TPSA) is 78.9 Å². The third-order valence-corrected chi connectivity index (χ3v) is 15.1. The first-order chi connectivity index (χ1) is 40.0. The van der Waals surface area contributed by atoms with Gasteiger partial charge in [0, 0.05) is 19.3 Å². The molecule has 1 atom stereocenters. The van der Waals surface area contributed by atoms with E-state index in [2.05, 4.69) is 112 Å². The van der Waals surface area contributed by atoms with Gasteiger partial charge in [0.2, 0.25) is 0 Å². The summed E-state index contributed by atoms with van der Waals surface area (Å²) < 4.78 is 16.9. The van der Waals surface area contributed by atoms with E-state index in [0.29, 0.717) is 19.3 Å². The number of hydrogen-bond acceptors (Lipinski definition) is 6. The van der Waals surface area contributed by atoms with Gasteiger partial charge in [-0.05, 0) is 103 Å². The number of unbranched alkanes of at least 4 members (excludes halogenated alkanes) is 36. The van der Waals surface area contributed by atoms with E-state index in [1.807, 2.05) is 6.08 Å². The monoisotopic (exact) mass is 1130 g/mol. The summed E-state index contributed by atoms with van der Waals surface area (Å²) in [6, 6.07) is 0. The number of allylic oxidation sites excluding steroid dienone is 16. The minimum absolute atomic E-state index is 0.102. The summed E-state index contributed by atoms with van der Waals surface area (Å²) in [6.07, 6.45) is 93.3. The summed E-state index contributed by atoms with van der Waals surface area (Å²) >= 11 is 0. The Morgan fingerprint density at radius 3 is 0.840 bits per heavy atom. The molecular weight excluding hydrogens is 997 g/mol. The Bertz CT molecular complexity index is 1580. The molecule has 1 unspecified atom stereocenters. The van der Waals surface area contributed by atoms with Crippen LogP contribution >= 0.6 is 0 Å². The van der Waals surface area contributed by atoms with Gasteiger partial charge in [-0.25, -0.2) is 0 Å². The molecular formula is C75H130O6. The van der Waals surface area contributed by atoms with Crippen molar-refractivity contribution in [2.45, 2.75) is 348 Å². The maximum atomic E-state index is 12.9. The van der Waals surface area contributed by atoms with Crippen molar-refractivity contribution in [1.29, 1.82) is 0 Å². The molecule has 0 spiro atoms. The fraction of sp³-hybridized carbons (Fsp3) is 0.747. The molecule has 0 aromatic carbocycles. The molecule has 0 aliphatic heterocycles. The number of carbonyl (C=O) groups is 3. The molecule has 0 saturated heterocycles. The van der Waals surface area contributed by atoms with Crippen molar-refractivity contribution >= 4 is 17.9 Å². The average molecular weight is 1130 g/mol. The molecule has 0 fully saturated rings. The predicted octanol–water partition coefficient (Wildman–Crippen LogP) is 24.0. The molecule has 0 aliphatic rings. The van der Waals surface area contributed by atoms with Crippen LogP contribution in [0.15, 0.2) is 97.2 Å². The molecule has 0 aliphatic carbocycles. The van der Waals surface area contributed by atoms with Crippen molar-refractivity contribution in [3.8, 4) is 0 Å². The largest absolute Gasteiger partial charge is 0.462 e. The van der Waals surface area contributed by atoms with E-state index < -0.39 is 6.10 Å². The van der Waals surface area contributed by atoms with E-state index in [0.717, 1.165) is 89.9 Å². The van der Waals surface area contributed by atoms with Gasteiger partial charge < -0.3 is 14.2 Å². The molecule has 0 rings (SSSR count). The van der Waals surface area contributed by atoms with Crippen molar-refractivity contribution in [3.63, 3.8) is 0 Å². The highest BCUT2D eigenvalue weighted by Gasteiger charge is 2.19. The van der Waals surface area contributed by atoms with E-state index in [4.69, 9.17) is 14.2 Å². The molecule has 0 amide bonds. The Morgan fingerprint density at radius 1 is 0.259 bits per heavy atom. The number of hydrogen-bond donors (Lipinski definition) is 0. The van der Waals surface area contributed by atoms with E-state index >= 15 is 0 Å². The molecule has 0 heterocycles. The number of esters is 3. The second-order valence-corrected chi connectivity index (χ2v) is 23.0. The van der Waals surface area contributed by atoms with Crippen molar-refractivity contribution < 1.29 is 28.6 Å². The molecule has 0 aromatic heterocycles. The van der Waals surface area contributed by atoms with E-state index in [9.17, 15) is 14.4 Å². The van der Waals surface area contributed by atoms with Crippen LogP contribution in [0.25, 0.3) is 0 Å². The number of ether oxygens (including phenoxy) is 3. The first kappa shape index (κ1) is 77.3.